The molecule has 5 aromatic rings. The molecule has 1 unspecified atom stereocenters. The first-order valence-electron chi connectivity index (χ1n) is 15.6. The van der Waals surface area contributed by atoms with Crippen LogP contribution in [0, 0.1) is 0 Å². The second-order valence-corrected chi connectivity index (χ2v) is 12.8. The number of nitrogens with zero attached hydrogens (tertiary/aromatic N) is 1. The molecular weight excluding hydrogens is 673 g/mol. The van der Waals surface area contributed by atoms with Crippen LogP contribution in [0.25, 0.3) is 17.3 Å². The van der Waals surface area contributed by atoms with E-state index < -0.39 is 17.1 Å². The lowest BCUT2D eigenvalue weighted by atomic mass is 10.1. The summed E-state index contributed by atoms with van der Waals surface area (Å²) in [6.07, 6.45) is 2.12. The lowest BCUT2D eigenvalue weighted by molar-refractivity contribution is -0.116. The van der Waals surface area contributed by atoms with Gasteiger partial charge >= 0.3 is 0 Å². The van der Waals surface area contributed by atoms with Gasteiger partial charge in [-0.15, -0.1) is 23.1 Å². The Hall–Kier alpha value is -5.59. The molecule has 3 N–H and O–H groups in total. The summed E-state index contributed by atoms with van der Waals surface area (Å²) in [4.78, 5) is 45.4. The Balaban J connectivity index is 1.28. The minimum Gasteiger partial charge on any atom is -0.496 e. The van der Waals surface area contributed by atoms with Crippen molar-refractivity contribution in [1.29, 1.82) is 0 Å². The number of nitrogens with one attached hydrogen (secondary N) is 3. The summed E-state index contributed by atoms with van der Waals surface area (Å²) < 4.78 is 16.2. The number of amides is 3. The molecule has 4 aromatic carbocycles. The molecule has 12 heteroatoms. The highest BCUT2D eigenvalue weighted by Crippen LogP contribution is 2.34. The second kappa shape index (κ2) is 17.2. The van der Waals surface area contributed by atoms with Gasteiger partial charge in [0.15, 0.2) is 16.6 Å². The predicted molar refractivity (Wildman–Crippen MR) is 199 cm³/mol. The molecule has 0 spiro atoms. The van der Waals surface area contributed by atoms with E-state index in [0.717, 1.165) is 10.5 Å². The molecule has 0 saturated carbocycles. The van der Waals surface area contributed by atoms with E-state index in [-0.39, 0.29) is 11.6 Å². The predicted octanol–water partition coefficient (Wildman–Crippen LogP) is 7.75. The van der Waals surface area contributed by atoms with Crippen LogP contribution in [0.4, 0.5) is 10.8 Å². The van der Waals surface area contributed by atoms with Crippen LogP contribution in [0.15, 0.2) is 113 Å². The van der Waals surface area contributed by atoms with Crippen molar-refractivity contribution in [3.63, 3.8) is 0 Å². The van der Waals surface area contributed by atoms with E-state index in [1.807, 2.05) is 54.8 Å². The Kier molecular flexibility index (Phi) is 12.3. The molecule has 0 fully saturated rings. The number of thioether (sulfide) groups is 1. The number of hydrogen-bond acceptors (Lipinski definition) is 9. The highest BCUT2D eigenvalue weighted by molar-refractivity contribution is 8.00. The zero-order valence-electron chi connectivity index (χ0n) is 27.9. The number of rotatable bonds is 14. The lowest BCUT2D eigenvalue weighted by Crippen LogP contribution is -2.30. The van der Waals surface area contributed by atoms with E-state index >= 15 is 0 Å². The van der Waals surface area contributed by atoms with Crippen molar-refractivity contribution in [2.75, 3.05) is 32.0 Å². The van der Waals surface area contributed by atoms with Gasteiger partial charge in [0.2, 0.25) is 5.91 Å². The molecule has 0 bridgehead atoms. The van der Waals surface area contributed by atoms with Gasteiger partial charge < -0.3 is 30.2 Å². The Morgan fingerprint density at radius 2 is 1.56 bits per heavy atom. The average Bonchev–Trinajstić information content (AvgIpc) is 3.62. The van der Waals surface area contributed by atoms with Crippen LogP contribution in [0.5, 0.6) is 17.2 Å². The SMILES string of the molecule is CCC(Sc1cccc(NC(=O)/C(=C\c2ccccc2OC)NC(=O)c2ccccc2)c1)C(=O)Nc1nc(-c2ccc(OC)c(OC)c2)cs1. The Morgan fingerprint density at radius 3 is 2.30 bits per heavy atom. The third kappa shape index (κ3) is 9.10. The number of ether oxygens (including phenoxy) is 3. The summed E-state index contributed by atoms with van der Waals surface area (Å²) in [5.74, 6) is 0.603. The first-order valence-corrected chi connectivity index (χ1v) is 17.4. The van der Waals surface area contributed by atoms with Gasteiger partial charge in [-0.2, -0.15) is 0 Å². The van der Waals surface area contributed by atoms with Crippen molar-refractivity contribution < 1.29 is 28.6 Å². The molecule has 256 valence electrons. The minimum absolute atomic E-state index is 0.0307. The maximum Gasteiger partial charge on any atom is 0.272 e. The standard InChI is InChI=1S/C38H36N4O6S2/c1-5-34(37(45)42-38-41-30(23-49-38)25-18-19-32(47-3)33(21-25)48-4)50-28-16-11-15-27(22-28)39-36(44)29(20-26-14-9-10-17-31(26)46-2)40-35(43)24-12-7-6-8-13-24/h6-23,34H,5H2,1-4H3,(H,39,44)(H,40,43)(H,41,42,45)/b29-20+. The van der Waals surface area contributed by atoms with Crippen molar-refractivity contribution in [3.05, 3.63) is 119 Å². The van der Waals surface area contributed by atoms with Gasteiger partial charge in [0.1, 0.15) is 11.4 Å². The smallest absolute Gasteiger partial charge is 0.272 e. The minimum atomic E-state index is -0.527. The van der Waals surface area contributed by atoms with Gasteiger partial charge in [-0.25, -0.2) is 4.98 Å². The van der Waals surface area contributed by atoms with Crippen molar-refractivity contribution in [2.24, 2.45) is 0 Å². The number of aromatic nitrogens is 1. The normalized spacial score (nSPS) is 11.6. The number of para-hydroxylation sites is 1. The number of carbonyl (C=O) groups is 3. The topological polar surface area (TPSA) is 128 Å². The highest BCUT2D eigenvalue weighted by Gasteiger charge is 2.21. The second-order valence-electron chi connectivity index (χ2n) is 10.7. The first-order chi connectivity index (χ1) is 24.3. The maximum atomic E-state index is 13.6. The molecule has 3 amide bonds. The molecule has 0 aliphatic heterocycles. The number of benzene rings is 4. The third-order valence-corrected chi connectivity index (χ3v) is 9.53. The number of methoxy groups -OCH3 is 3. The molecule has 0 saturated heterocycles. The van der Waals surface area contributed by atoms with Crippen LogP contribution < -0.4 is 30.2 Å². The Labute approximate surface area is 298 Å². The molecule has 1 aromatic heterocycles. The summed E-state index contributed by atoms with van der Waals surface area (Å²) in [7, 11) is 4.69. The van der Waals surface area contributed by atoms with E-state index in [2.05, 4.69) is 20.9 Å². The quantitative estimate of drug-likeness (QED) is 0.0790. The number of anilines is 2. The van der Waals surface area contributed by atoms with E-state index in [1.54, 1.807) is 74.9 Å². The fourth-order valence-corrected chi connectivity index (χ4v) is 6.60. The zero-order chi connectivity index (χ0) is 35.5. The van der Waals surface area contributed by atoms with Gasteiger partial charge in [-0.3, -0.25) is 14.4 Å². The molecule has 50 heavy (non-hydrogen) atoms. The fourth-order valence-electron chi connectivity index (χ4n) is 4.86. The summed E-state index contributed by atoms with van der Waals surface area (Å²) in [5, 5.41) is 10.5. The van der Waals surface area contributed by atoms with Gasteiger partial charge in [-0.1, -0.05) is 49.4 Å². The van der Waals surface area contributed by atoms with Gasteiger partial charge in [-0.05, 0) is 67.1 Å². The van der Waals surface area contributed by atoms with Gasteiger partial charge in [0.25, 0.3) is 11.8 Å². The molecule has 0 aliphatic rings. The van der Waals surface area contributed by atoms with Crippen LogP contribution in [-0.4, -0.2) is 49.3 Å². The zero-order valence-corrected chi connectivity index (χ0v) is 29.5. The Bertz CT molecular complexity index is 2000. The van der Waals surface area contributed by atoms with Crippen molar-refractivity contribution in [3.8, 4) is 28.5 Å². The van der Waals surface area contributed by atoms with E-state index in [1.165, 1.54) is 30.2 Å². The highest BCUT2D eigenvalue weighted by atomic mass is 32.2. The number of hydrogen-bond donors (Lipinski definition) is 3. The molecule has 5 rings (SSSR count). The summed E-state index contributed by atoms with van der Waals surface area (Å²) >= 11 is 2.71. The van der Waals surface area contributed by atoms with Crippen LogP contribution in [-0.2, 0) is 9.59 Å². The maximum absolute atomic E-state index is 13.6. The van der Waals surface area contributed by atoms with Crippen molar-refractivity contribution in [2.45, 2.75) is 23.5 Å². The van der Waals surface area contributed by atoms with Crippen molar-refractivity contribution in [1.82, 2.24) is 10.3 Å². The molecule has 10 nitrogen and oxygen atoms in total. The fraction of sp³-hybridized carbons (Fsp3) is 0.158. The molecule has 0 aliphatic carbocycles. The molecule has 0 radical (unpaired) electrons. The van der Waals surface area contributed by atoms with Crippen molar-refractivity contribution >= 4 is 57.7 Å². The van der Waals surface area contributed by atoms with Crippen LogP contribution in [0.3, 0.4) is 0 Å². The lowest BCUT2D eigenvalue weighted by Gasteiger charge is -2.15. The third-order valence-electron chi connectivity index (χ3n) is 7.41. The largest absolute Gasteiger partial charge is 0.496 e. The van der Waals surface area contributed by atoms with Crippen LogP contribution in [0.1, 0.15) is 29.3 Å². The Morgan fingerprint density at radius 1 is 0.820 bits per heavy atom. The van der Waals surface area contributed by atoms with E-state index in [0.29, 0.717) is 51.3 Å². The number of thiazole rings is 1. The van der Waals surface area contributed by atoms with Gasteiger partial charge in [0.05, 0.1) is 32.3 Å². The van der Waals surface area contributed by atoms with E-state index in [4.69, 9.17) is 14.2 Å². The van der Waals surface area contributed by atoms with Crippen LogP contribution >= 0.6 is 23.1 Å². The molecule has 1 heterocycles. The summed E-state index contributed by atoms with van der Waals surface area (Å²) in [6, 6.07) is 28.6. The summed E-state index contributed by atoms with van der Waals surface area (Å²) in [5.41, 5.74) is 3.08. The number of carbonyl (C=O) groups excluding carboxylic acids is 3. The molecular formula is C38H36N4O6S2. The first kappa shape index (κ1) is 35.7. The monoisotopic (exact) mass is 708 g/mol. The molecule has 1 atom stereocenters. The van der Waals surface area contributed by atoms with E-state index in [9.17, 15) is 14.4 Å². The van der Waals surface area contributed by atoms with Crippen LogP contribution in [0.2, 0.25) is 0 Å². The summed E-state index contributed by atoms with van der Waals surface area (Å²) in [6.45, 7) is 1.93. The van der Waals surface area contributed by atoms with Gasteiger partial charge in [0, 0.05) is 32.7 Å². The average molecular weight is 709 g/mol.